The van der Waals surface area contributed by atoms with Gasteiger partial charge in [0.05, 0.1) is 0 Å². The average molecular weight is 376 g/mol. The quantitative estimate of drug-likeness (QED) is 0.324. The topological polar surface area (TPSA) is 74.5 Å². The molecule has 0 bridgehead atoms. The first kappa shape index (κ1) is 19.1. The number of aromatic nitrogens is 2. The van der Waals surface area contributed by atoms with Crippen molar-refractivity contribution in [3.8, 4) is 17.2 Å². The zero-order valence-electron chi connectivity index (χ0n) is 15.4. The minimum absolute atomic E-state index is 0.240. The first-order valence-corrected chi connectivity index (χ1v) is 8.77. The molecule has 142 valence electrons. The van der Waals surface area contributed by atoms with E-state index in [2.05, 4.69) is 16.8 Å². The Hall–Kier alpha value is -3.67. The van der Waals surface area contributed by atoms with Crippen LogP contribution in [0, 0.1) is 0 Å². The van der Waals surface area contributed by atoms with Crippen molar-refractivity contribution in [1.82, 2.24) is 10.2 Å². The smallest absolute Gasteiger partial charge is 0.331 e. The van der Waals surface area contributed by atoms with E-state index in [1.807, 2.05) is 54.6 Å². The van der Waals surface area contributed by atoms with Gasteiger partial charge in [-0.15, -0.1) is 10.2 Å². The maximum Gasteiger partial charge on any atom is 0.331 e. The van der Waals surface area contributed by atoms with Gasteiger partial charge in [-0.25, -0.2) is 4.79 Å². The highest BCUT2D eigenvalue weighted by Gasteiger charge is 2.17. The Morgan fingerprint density at radius 1 is 1.14 bits per heavy atom. The molecule has 0 saturated heterocycles. The van der Waals surface area contributed by atoms with Crippen LogP contribution in [-0.4, -0.2) is 22.8 Å². The third-order valence-electron chi connectivity index (χ3n) is 3.76. The Morgan fingerprint density at radius 2 is 1.89 bits per heavy atom. The van der Waals surface area contributed by atoms with E-state index >= 15 is 0 Å². The van der Waals surface area contributed by atoms with Crippen molar-refractivity contribution in [3.63, 3.8) is 0 Å². The third-order valence-corrected chi connectivity index (χ3v) is 3.76. The number of nitrogens with zero attached hydrogens (tertiary/aromatic N) is 2. The number of ether oxygens (including phenoxy) is 2. The van der Waals surface area contributed by atoms with Gasteiger partial charge in [0.2, 0.25) is 5.89 Å². The van der Waals surface area contributed by atoms with Crippen molar-refractivity contribution in [2.45, 2.75) is 13.0 Å². The predicted octanol–water partition coefficient (Wildman–Crippen LogP) is 4.62. The minimum atomic E-state index is -0.656. The monoisotopic (exact) mass is 376 g/mol. The van der Waals surface area contributed by atoms with E-state index in [9.17, 15) is 4.79 Å². The van der Waals surface area contributed by atoms with Crippen LogP contribution in [0.5, 0.6) is 5.75 Å². The largest absolute Gasteiger partial charge is 0.490 e. The molecule has 0 radical (unpaired) electrons. The van der Waals surface area contributed by atoms with Gasteiger partial charge in [0.15, 0.2) is 6.10 Å². The lowest BCUT2D eigenvalue weighted by Crippen LogP contribution is -2.06. The van der Waals surface area contributed by atoms with Gasteiger partial charge in [0, 0.05) is 11.6 Å². The second-order valence-electron chi connectivity index (χ2n) is 5.89. The SMILES string of the molecule is C=CCOc1ccc(/C=C/C(=O)O[C@@H](C)c2nnc(-c3ccccc3)o2)cc1. The average Bonchev–Trinajstić information content (AvgIpc) is 3.23. The lowest BCUT2D eigenvalue weighted by atomic mass is 10.2. The highest BCUT2D eigenvalue weighted by Crippen LogP contribution is 2.22. The summed E-state index contributed by atoms with van der Waals surface area (Å²) in [7, 11) is 0. The fourth-order valence-corrected chi connectivity index (χ4v) is 2.35. The molecule has 1 aromatic heterocycles. The molecule has 0 amide bonds. The molecule has 1 heterocycles. The maximum atomic E-state index is 12.1. The molecule has 0 saturated carbocycles. The standard InChI is InChI=1S/C22H20N2O4/c1-3-15-26-19-12-9-17(10-13-19)11-14-20(25)27-16(2)21-23-24-22(28-21)18-7-5-4-6-8-18/h3-14,16H,1,15H2,2H3/b14-11+/t16-/m0/s1. The molecule has 2 aromatic carbocycles. The molecule has 0 aliphatic heterocycles. The van der Waals surface area contributed by atoms with Crippen LogP contribution in [0.4, 0.5) is 0 Å². The molecule has 3 aromatic rings. The maximum absolute atomic E-state index is 12.1. The Balaban J connectivity index is 1.56. The first-order chi connectivity index (χ1) is 13.7. The van der Waals surface area contributed by atoms with Gasteiger partial charge in [-0.05, 0) is 42.8 Å². The molecule has 0 fully saturated rings. The minimum Gasteiger partial charge on any atom is -0.490 e. The number of hydrogen-bond donors (Lipinski definition) is 0. The first-order valence-electron chi connectivity index (χ1n) is 8.77. The van der Waals surface area contributed by atoms with Crippen LogP contribution in [0.3, 0.4) is 0 Å². The van der Waals surface area contributed by atoms with E-state index in [1.54, 1.807) is 19.1 Å². The van der Waals surface area contributed by atoms with Crippen LogP contribution in [-0.2, 0) is 9.53 Å². The molecule has 1 atom stereocenters. The van der Waals surface area contributed by atoms with Gasteiger partial charge in [-0.1, -0.05) is 43.0 Å². The molecule has 28 heavy (non-hydrogen) atoms. The summed E-state index contributed by atoms with van der Waals surface area (Å²) in [5, 5.41) is 7.95. The summed E-state index contributed by atoms with van der Waals surface area (Å²) >= 11 is 0. The second kappa shape index (κ2) is 9.32. The molecular formula is C22H20N2O4. The number of esters is 1. The van der Waals surface area contributed by atoms with Crippen molar-refractivity contribution >= 4 is 12.0 Å². The zero-order valence-corrected chi connectivity index (χ0v) is 15.4. The second-order valence-corrected chi connectivity index (χ2v) is 5.89. The number of rotatable bonds is 8. The van der Waals surface area contributed by atoms with Crippen molar-refractivity contribution in [3.05, 3.63) is 84.8 Å². The lowest BCUT2D eigenvalue weighted by molar-refractivity contribution is -0.143. The summed E-state index contributed by atoms with van der Waals surface area (Å²) in [5.41, 5.74) is 1.65. The lowest BCUT2D eigenvalue weighted by Gasteiger charge is -2.07. The molecule has 0 spiro atoms. The Kier molecular flexibility index (Phi) is 6.36. The molecule has 6 heteroatoms. The van der Waals surface area contributed by atoms with Gasteiger partial charge in [-0.2, -0.15) is 0 Å². The van der Waals surface area contributed by atoms with Gasteiger partial charge < -0.3 is 13.9 Å². The Morgan fingerprint density at radius 3 is 2.61 bits per heavy atom. The molecule has 0 aliphatic carbocycles. The fourth-order valence-electron chi connectivity index (χ4n) is 2.35. The summed E-state index contributed by atoms with van der Waals surface area (Å²) < 4.78 is 16.3. The predicted molar refractivity (Wildman–Crippen MR) is 105 cm³/mol. The highest BCUT2D eigenvalue weighted by molar-refractivity contribution is 5.87. The van der Waals surface area contributed by atoms with E-state index in [4.69, 9.17) is 13.9 Å². The molecule has 6 nitrogen and oxygen atoms in total. The molecule has 3 rings (SSSR count). The number of hydrogen-bond acceptors (Lipinski definition) is 6. The summed E-state index contributed by atoms with van der Waals surface area (Å²) in [6, 6.07) is 16.7. The number of carbonyl (C=O) groups is 1. The third kappa shape index (κ3) is 5.17. The molecule has 0 N–H and O–H groups in total. The Bertz CT molecular complexity index is 946. The van der Waals surface area contributed by atoms with Crippen LogP contribution in [0.2, 0.25) is 0 Å². The molecule has 0 aliphatic rings. The summed E-state index contributed by atoms with van der Waals surface area (Å²) in [6.45, 7) is 5.73. The van der Waals surface area contributed by atoms with Gasteiger partial charge in [-0.3, -0.25) is 0 Å². The number of carbonyl (C=O) groups excluding carboxylic acids is 1. The van der Waals surface area contributed by atoms with Crippen molar-refractivity contribution in [2.75, 3.05) is 6.61 Å². The zero-order chi connectivity index (χ0) is 19.8. The van der Waals surface area contributed by atoms with E-state index in [0.29, 0.717) is 12.5 Å². The fraction of sp³-hybridized carbons (Fsp3) is 0.136. The Labute approximate surface area is 163 Å². The van der Waals surface area contributed by atoms with Gasteiger partial charge >= 0.3 is 5.97 Å². The van der Waals surface area contributed by atoms with Gasteiger partial charge in [0.1, 0.15) is 12.4 Å². The van der Waals surface area contributed by atoms with Gasteiger partial charge in [0.25, 0.3) is 5.89 Å². The van der Waals surface area contributed by atoms with E-state index in [1.165, 1.54) is 6.08 Å². The van der Waals surface area contributed by atoms with Crippen LogP contribution in [0.15, 0.2) is 77.7 Å². The van der Waals surface area contributed by atoms with E-state index in [0.717, 1.165) is 16.9 Å². The molecular weight excluding hydrogens is 356 g/mol. The summed E-state index contributed by atoms with van der Waals surface area (Å²) in [6.07, 6.45) is 4.04. The van der Waals surface area contributed by atoms with Crippen LogP contribution in [0.25, 0.3) is 17.5 Å². The number of benzene rings is 2. The highest BCUT2D eigenvalue weighted by atomic mass is 16.6. The van der Waals surface area contributed by atoms with Crippen molar-refractivity contribution in [2.24, 2.45) is 0 Å². The van der Waals surface area contributed by atoms with Crippen molar-refractivity contribution in [1.29, 1.82) is 0 Å². The molecule has 0 unspecified atom stereocenters. The van der Waals surface area contributed by atoms with E-state index in [-0.39, 0.29) is 5.89 Å². The van der Waals surface area contributed by atoms with Crippen LogP contribution >= 0.6 is 0 Å². The van der Waals surface area contributed by atoms with Crippen LogP contribution in [0.1, 0.15) is 24.5 Å². The van der Waals surface area contributed by atoms with Crippen molar-refractivity contribution < 1.29 is 18.7 Å². The summed E-state index contributed by atoms with van der Waals surface area (Å²) in [4.78, 5) is 12.1. The normalized spacial score (nSPS) is 11.9. The summed E-state index contributed by atoms with van der Waals surface area (Å²) in [5.74, 6) is 0.856. The van der Waals surface area contributed by atoms with E-state index < -0.39 is 12.1 Å². The van der Waals surface area contributed by atoms with Crippen LogP contribution < -0.4 is 4.74 Å².